The Labute approximate surface area is 161 Å². The molecule has 26 heavy (non-hydrogen) atoms. The maximum atomic E-state index is 2.72. The van der Waals surface area contributed by atoms with Gasteiger partial charge in [0.2, 0.25) is 0 Å². The van der Waals surface area contributed by atoms with Crippen molar-refractivity contribution in [2.45, 2.75) is 78.6 Å². The maximum absolute atomic E-state index is 2.72. The average Bonchev–Trinajstić information content (AvgIpc) is 2.60. The van der Waals surface area contributed by atoms with Crippen LogP contribution in [0, 0.1) is 59.2 Å². The van der Waals surface area contributed by atoms with E-state index in [1.807, 2.05) is 5.57 Å². The highest BCUT2D eigenvalue weighted by Gasteiger charge is 2.79. The summed E-state index contributed by atoms with van der Waals surface area (Å²) < 4.78 is 0. The molecule has 4 fully saturated rings. The summed E-state index contributed by atoms with van der Waals surface area (Å²) in [4.78, 5) is 0. The summed E-state index contributed by atoms with van der Waals surface area (Å²) in [6, 6.07) is 0. The van der Waals surface area contributed by atoms with E-state index in [2.05, 4.69) is 39.0 Å². The first-order valence-corrected chi connectivity index (χ1v) is 12.1. The van der Waals surface area contributed by atoms with Gasteiger partial charge >= 0.3 is 0 Å². The molecule has 0 heterocycles. The third kappa shape index (κ3) is 2.39. The van der Waals surface area contributed by atoms with Gasteiger partial charge in [0.1, 0.15) is 0 Å². The number of rotatable bonds is 10. The van der Waals surface area contributed by atoms with E-state index >= 15 is 0 Å². The molecule has 5 rings (SSSR count). The average molecular weight is 353 g/mol. The van der Waals surface area contributed by atoms with Crippen LogP contribution in [-0.2, 0) is 0 Å². The van der Waals surface area contributed by atoms with Crippen LogP contribution in [0.25, 0.3) is 0 Å². The van der Waals surface area contributed by atoms with Crippen LogP contribution in [0.1, 0.15) is 78.6 Å². The first-order chi connectivity index (χ1) is 12.8. The zero-order valence-electron chi connectivity index (χ0n) is 17.4. The zero-order chi connectivity index (χ0) is 17.8. The molecule has 0 bridgehead atoms. The van der Waals surface area contributed by atoms with E-state index in [-0.39, 0.29) is 0 Å². The number of hydrogen-bond donors (Lipinski definition) is 0. The normalized spacial score (nSPS) is 47.7. The van der Waals surface area contributed by atoms with Crippen LogP contribution in [-0.4, -0.2) is 0 Å². The minimum atomic E-state index is 0.797. The third-order valence-corrected chi connectivity index (χ3v) is 9.42. The van der Waals surface area contributed by atoms with Crippen molar-refractivity contribution in [2.75, 3.05) is 0 Å². The van der Waals surface area contributed by atoms with Gasteiger partial charge < -0.3 is 0 Å². The lowest BCUT2D eigenvalue weighted by Crippen LogP contribution is -2.80. The van der Waals surface area contributed by atoms with Crippen molar-refractivity contribution in [1.82, 2.24) is 0 Å². The fourth-order valence-electron chi connectivity index (χ4n) is 8.13. The Kier molecular flexibility index (Phi) is 4.61. The van der Waals surface area contributed by atoms with E-state index in [1.165, 1.54) is 63.2 Å². The summed E-state index contributed by atoms with van der Waals surface area (Å²) in [5.41, 5.74) is 1.90. The molecule has 10 unspecified atom stereocenters. The van der Waals surface area contributed by atoms with Gasteiger partial charge in [0, 0.05) is 0 Å². The molecule has 0 aromatic rings. The predicted octanol–water partition coefficient (Wildman–Crippen LogP) is 7.27. The highest BCUT2D eigenvalue weighted by Crippen LogP contribution is 2.84. The molecular weight excluding hydrogens is 312 g/mol. The number of unbranched alkanes of at least 4 members (excludes halogenated alkanes) is 3. The molecule has 0 radical (unpaired) electrons. The first kappa shape index (κ1) is 17.6. The Morgan fingerprint density at radius 1 is 1.00 bits per heavy atom. The van der Waals surface area contributed by atoms with Crippen molar-refractivity contribution < 1.29 is 0 Å². The van der Waals surface area contributed by atoms with Gasteiger partial charge in [-0.2, -0.15) is 0 Å². The van der Waals surface area contributed by atoms with Crippen LogP contribution in [0.4, 0.5) is 0 Å². The molecule has 0 aromatic carbocycles. The summed E-state index contributed by atoms with van der Waals surface area (Å²) in [5.74, 6) is 11.0. The van der Waals surface area contributed by atoms with Crippen LogP contribution < -0.4 is 0 Å². The van der Waals surface area contributed by atoms with Crippen molar-refractivity contribution in [3.05, 3.63) is 23.8 Å². The van der Waals surface area contributed by atoms with Crippen molar-refractivity contribution in [2.24, 2.45) is 59.2 Å². The smallest absolute Gasteiger partial charge is 0.0103 e. The summed E-state index contributed by atoms with van der Waals surface area (Å²) in [6.07, 6.45) is 20.6. The fraction of sp³-hybridized carbons (Fsp3) is 0.846. The van der Waals surface area contributed by atoms with E-state index in [0.717, 1.165) is 47.3 Å². The lowest BCUT2D eigenvalue weighted by atomic mass is 9.20. The molecule has 0 amide bonds. The lowest BCUT2D eigenvalue weighted by molar-refractivity contribution is -0.347. The van der Waals surface area contributed by atoms with Crippen LogP contribution in [0.3, 0.4) is 0 Å². The minimum Gasteiger partial charge on any atom is -0.0880 e. The molecule has 0 heteroatoms. The number of hydrogen-bond acceptors (Lipinski definition) is 0. The van der Waals surface area contributed by atoms with E-state index in [4.69, 9.17) is 0 Å². The van der Waals surface area contributed by atoms with Gasteiger partial charge in [-0.15, -0.1) is 0 Å². The molecule has 0 spiro atoms. The van der Waals surface area contributed by atoms with Gasteiger partial charge in [-0.25, -0.2) is 0 Å². The van der Waals surface area contributed by atoms with E-state index in [1.54, 1.807) is 6.42 Å². The Balaban J connectivity index is 1.10. The molecule has 0 aromatic heterocycles. The lowest BCUT2D eigenvalue weighted by Gasteiger charge is -2.84. The van der Waals surface area contributed by atoms with Crippen LogP contribution >= 0.6 is 0 Å². The SMILES string of the molecule is CCCCCC1=CC2C1C1C2C2C3CC(CC=CC(C)CCCC)C3C21. The Hall–Kier alpha value is -0.520. The van der Waals surface area contributed by atoms with Crippen LogP contribution in [0.5, 0.6) is 0 Å². The molecule has 10 atom stereocenters. The fourth-order valence-corrected chi connectivity index (χ4v) is 8.13. The molecule has 144 valence electrons. The van der Waals surface area contributed by atoms with E-state index in [9.17, 15) is 0 Å². The maximum Gasteiger partial charge on any atom is -0.0103 e. The summed E-state index contributed by atoms with van der Waals surface area (Å²) in [7, 11) is 0. The highest BCUT2D eigenvalue weighted by atomic mass is 14.8. The van der Waals surface area contributed by atoms with Gasteiger partial charge in [-0.1, -0.05) is 70.3 Å². The highest BCUT2D eigenvalue weighted by molar-refractivity contribution is 5.39. The standard InChI is InChI=1S/C26H40/c1-4-6-8-12-17-14-19-21(17)25-23(19)24-20-15-18(22(20)26(24)25)13-9-11-16(3)10-7-5-2/h9,11,14,16,18-26H,4-8,10,12-13,15H2,1-3H3. The van der Waals surface area contributed by atoms with Gasteiger partial charge in [0.15, 0.2) is 0 Å². The predicted molar refractivity (Wildman–Crippen MR) is 111 cm³/mol. The first-order valence-electron chi connectivity index (χ1n) is 12.1. The molecule has 0 saturated heterocycles. The summed E-state index contributed by atoms with van der Waals surface area (Å²) in [5, 5.41) is 0. The Morgan fingerprint density at radius 3 is 2.65 bits per heavy atom. The Morgan fingerprint density at radius 2 is 1.85 bits per heavy atom. The Bertz CT molecular complexity index is 583. The topological polar surface area (TPSA) is 0 Å². The van der Waals surface area contributed by atoms with Crippen molar-refractivity contribution >= 4 is 0 Å². The van der Waals surface area contributed by atoms with Crippen molar-refractivity contribution in [3.8, 4) is 0 Å². The summed E-state index contributed by atoms with van der Waals surface area (Å²) in [6.45, 7) is 7.04. The van der Waals surface area contributed by atoms with Gasteiger partial charge in [0.05, 0.1) is 0 Å². The molecule has 5 aliphatic rings. The van der Waals surface area contributed by atoms with Crippen LogP contribution in [0.2, 0.25) is 0 Å². The summed E-state index contributed by atoms with van der Waals surface area (Å²) >= 11 is 0. The molecule has 5 aliphatic carbocycles. The quantitative estimate of drug-likeness (QED) is 0.220. The zero-order valence-corrected chi connectivity index (χ0v) is 17.4. The third-order valence-electron chi connectivity index (χ3n) is 9.42. The van der Waals surface area contributed by atoms with Gasteiger partial charge in [-0.3, -0.25) is 0 Å². The van der Waals surface area contributed by atoms with Gasteiger partial charge in [0.25, 0.3) is 0 Å². The minimum absolute atomic E-state index is 0.797. The van der Waals surface area contributed by atoms with Crippen LogP contribution in [0.15, 0.2) is 23.8 Å². The van der Waals surface area contributed by atoms with Crippen molar-refractivity contribution in [1.29, 1.82) is 0 Å². The number of allylic oxidation sites excluding steroid dienone is 4. The number of fused-ring (bicyclic) bond motifs is 10. The second-order valence-electron chi connectivity index (χ2n) is 10.6. The van der Waals surface area contributed by atoms with E-state index in [0.29, 0.717) is 0 Å². The molecule has 4 saturated carbocycles. The molecule has 0 N–H and O–H groups in total. The second kappa shape index (κ2) is 6.82. The van der Waals surface area contributed by atoms with Gasteiger partial charge in [-0.05, 0) is 91.3 Å². The monoisotopic (exact) mass is 352 g/mol. The largest absolute Gasteiger partial charge is 0.0880 e. The molecule has 0 nitrogen and oxygen atoms in total. The molecular formula is C26H40. The van der Waals surface area contributed by atoms with E-state index < -0.39 is 0 Å². The van der Waals surface area contributed by atoms with Crippen molar-refractivity contribution in [3.63, 3.8) is 0 Å². The molecule has 0 aliphatic heterocycles. The second-order valence-corrected chi connectivity index (χ2v) is 10.6.